The molecule has 0 atom stereocenters. The van der Waals surface area contributed by atoms with Crippen molar-refractivity contribution in [3.8, 4) is 5.75 Å². The first-order valence-corrected chi connectivity index (χ1v) is 13.3. The van der Waals surface area contributed by atoms with E-state index in [1.807, 2.05) is 24.3 Å². The van der Waals surface area contributed by atoms with Crippen molar-refractivity contribution in [2.45, 2.75) is 58.2 Å². The van der Waals surface area contributed by atoms with Gasteiger partial charge in [0.25, 0.3) is 0 Å². The Morgan fingerprint density at radius 2 is 1.57 bits per heavy atom. The molecule has 1 N–H and O–H groups in total. The van der Waals surface area contributed by atoms with Crippen LogP contribution in [0, 0.1) is 5.82 Å². The van der Waals surface area contributed by atoms with Crippen LogP contribution in [0.25, 0.3) is 0 Å². The Balaban J connectivity index is 0.000000206. The minimum Gasteiger partial charge on any atom is -0.488 e. The lowest BCUT2D eigenvalue weighted by molar-refractivity contribution is -0.110. The number of nitrogens with zero attached hydrogens (tertiary/aromatic N) is 1. The first kappa shape index (κ1) is 29.0. The molecule has 37 heavy (non-hydrogen) atoms. The topological polar surface area (TPSA) is 41.6 Å². The summed E-state index contributed by atoms with van der Waals surface area (Å²) in [6, 6.07) is 21.0. The Labute approximate surface area is 229 Å². The third-order valence-corrected chi connectivity index (χ3v) is 6.57. The van der Waals surface area contributed by atoms with Crippen LogP contribution in [0.3, 0.4) is 0 Å². The molecule has 4 nitrogen and oxygen atoms in total. The average Bonchev–Trinajstić information content (AvgIpc) is 2.84. The minimum atomic E-state index is -0.308. The van der Waals surface area contributed by atoms with Crippen LogP contribution in [0.2, 0.25) is 10.0 Å². The number of nitrogens with one attached hydrogen (secondary N) is 1. The lowest BCUT2D eigenvalue weighted by atomic mass is 10.0. The Hall–Kier alpha value is -2.60. The molecule has 4 rings (SSSR count). The summed E-state index contributed by atoms with van der Waals surface area (Å²) >= 11 is 11.9. The molecule has 7 heteroatoms. The highest BCUT2D eigenvalue weighted by molar-refractivity contribution is 6.31. The number of halogens is 3. The van der Waals surface area contributed by atoms with Crippen LogP contribution in [-0.2, 0) is 17.8 Å². The Morgan fingerprint density at radius 1 is 0.973 bits per heavy atom. The van der Waals surface area contributed by atoms with Crippen molar-refractivity contribution >= 4 is 29.6 Å². The summed E-state index contributed by atoms with van der Waals surface area (Å²) in [5.41, 5.74) is 3.31. The van der Waals surface area contributed by atoms with Crippen LogP contribution < -0.4 is 10.1 Å². The second-order valence-electron chi connectivity index (χ2n) is 10.2. The number of likely N-dealkylation sites (tertiary alicyclic amines) is 1. The zero-order valence-corrected chi connectivity index (χ0v) is 23.2. The van der Waals surface area contributed by atoms with Crippen molar-refractivity contribution in [1.82, 2.24) is 10.2 Å². The van der Waals surface area contributed by atoms with Gasteiger partial charge in [-0.2, -0.15) is 0 Å². The molecule has 0 aliphatic carbocycles. The van der Waals surface area contributed by atoms with Gasteiger partial charge in [-0.3, -0.25) is 9.69 Å². The number of hydrogen-bond acceptors (Lipinski definition) is 3. The van der Waals surface area contributed by atoms with Crippen LogP contribution in [0.15, 0.2) is 66.7 Å². The van der Waals surface area contributed by atoms with Crippen LogP contribution in [0.4, 0.5) is 4.39 Å². The first-order valence-electron chi connectivity index (χ1n) is 12.5. The van der Waals surface area contributed by atoms with Gasteiger partial charge in [0.1, 0.15) is 17.2 Å². The fraction of sp³-hybridized carbons (Fsp3) is 0.367. The molecule has 1 aliphatic heterocycles. The number of carbonyl (C=O) groups is 1. The zero-order chi connectivity index (χ0) is 26.8. The second kappa shape index (κ2) is 13.8. The molecule has 1 saturated heterocycles. The van der Waals surface area contributed by atoms with E-state index < -0.39 is 0 Å². The standard InChI is InChI=1S/C17H19ClO.C13H16ClFN2O/c1-17(2,3)19-16-10-6-14(7-11-16)12-13-4-8-15(18)9-5-13;14-13-7-11(15)2-1-10(13)8-17-5-3-12(4-6-17)16-9-18/h4-11H,12H2,1-3H3;1-2,7,9,12H,3-6,8H2,(H,16,18). The van der Waals surface area contributed by atoms with Gasteiger partial charge in [0, 0.05) is 35.7 Å². The average molecular weight is 546 g/mol. The lowest BCUT2D eigenvalue weighted by Crippen LogP contribution is -2.41. The molecule has 0 spiro atoms. The van der Waals surface area contributed by atoms with Gasteiger partial charge < -0.3 is 10.1 Å². The van der Waals surface area contributed by atoms with E-state index in [-0.39, 0.29) is 17.5 Å². The minimum absolute atomic E-state index is 0.155. The van der Waals surface area contributed by atoms with Gasteiger partial charge in [-0.1, -0.05) is 53.5 Å². The fourth-order valence-corrected chi connectivity index (χ4v) is 4.46. The van der Waals surface area contributed by atoms with E-state index in [1.54, 1.807) is 6.07 Å². The van der Waals surface area contributed by atoms with Gasteiger partial charge in [0.05, 0.1) is 0 Å². The van der Waals surface area contributed by atoms with E-state index in [2.05, 4.69) is 55.3 Å². The van der Waals surface area contributed by atoms with E-state index in [9.17, 15) is 9.18 Å². The van der Waals surface area contributed by atoms with Crippen LogP contribution >= 0.6 is 23.2 Å². The summed E-state index contributed by atoms with van der Waals surface area (Å²) in [7, 11) is 0. The highest BCUT2D eigenvalue weighted by atomic mass is 35.5. The van der Waals surface area contributed by atoms with Crippen LogP contribution in [0.5, 0.6) is 5.75 Å². The monoisotopic (exact) mass is 544 g/mol. The molecule has 1 aliphatic rings. The normalized spacial score (nSPS) is 14.4. The summed E-state index contributed by atoms with van der Waals surface area (Å²) in [5.74, 6) is 0.602. The number of amides is 1. The SMILES string of the molecule is CC(C)(C)Oc1ccc(Cc2ccc(Cl)cc2)cc1.O=CNC1CCN(Cc2ccc(F)cc2Cl)CC1. The van der Waals surface area contributed by atoms with Crippen LogP contribution in [-0.4, -0.2) is 36.0 Å². The smallest absolute Gasteiger partial charge is 0.207 e. The van der Waals surface area contributed by atoms with E-state index in [0.717, 1.165) is 61.6 Å². The van der Waals surface area contributed by atoms with Crippen molar-refractivity contribution < 1.29 is 13.9 Å². The molecule has 3 aromatic rings. The molecule has 198 valence electrons. The predicted octanol–water partition coefficient (Wildman–Crippen LogP) is 7.30. The van der Waals surface area contributed by atoms with Gasteiger partial charge in [0.15, 0.2) is 0 Å². The maximum atomic E-state index is 12.9. The molecule has 1 heterocycles. The summed E-state index contributed by atoms with van der Waals surface area (Å²) in [5, 5.41) is 4.06. The van der Waals surface area contributed by atoms with Gasteiger partial charge in [-0.05, 0) is 93.1 Å². The van der Waals surface area contributed by atoms with Crippen molar-refractivity contribution in [2.24, 2.45) is 0 Å². The van der Waals surface area contributed by atoms with E-state index in [0.29, 0.717) is 5.02 Å². The Bertz CT molecular complexity index is 1120. The van der Waals surface area contributed by atoms with Gasteiger partial charge in [0.2, 0.25) is 6.41 Å². The third kappa shape index (κ3) is 10.4. The highest BCUT2D eigenvalue weighted by Crippen LogP contribution is 2.22. The number of rotatable bonds is 7. The summed E-state index contributed by atoms with van der Waals surface area (Å²) < 4.78 is 18.7. The number of benzene rings is 3. The maximum Gasteiger partial charge on any atom is 0.207 e. The zero-order valence-electron chi connectivity index (χ0n) is 21.6. The quantitative estimate of drug-likeness (QED) is 0.317. The van der Waals surface area contributed by atoms with Crippen molar-refractivity contribution in [2.75, 3.05) is 13.1 Å². The number of piperidine rings is 1. The van der Waals surface area contributed by atoms with E-state index in [4.69, 9.17) is 27.9 Å². The van der Waals surface area contributed by atoms with Crippen LogP contribution in [0.1, 0.15) is 50.3 Å². The van der Waals surface area contributed by atoms with Crippen molar-refractivity contribution in [3.05, 3.63) is 99.3 Å². The molecule has 0 aromatic heterocycles. The molecule has 0 radical (unpaired) electrons. The van der Waals surface area contributed by atoms with E-state index >= 15 is 0 Å². The number of hydrogen-bond donors (Lipinski definition) is 1. The molecule has 3 aromatic carbocycles. The maximum absolute atomic E-state index is 12.9. The molecule has 1 amide bonds. The van der Waals surface area contributed by atoms with Gasteiger partial charge >= 0.3 is 0 Å². The molecule has 0 unspecified atom stereocenters. The Kier molecular flexibility index (Phi) is 10.8. The first-order chi connectivity index (χ1) is 17.6. The fourth-order valence-electron chi connectivity index (χ4n) is 4.11. The number of carbonyl (C=O) groups excluding carboxylic acids is 1. The molecular formula is C30H35Cl2FN2O2. The van der Waals surface area contributed by atoms with Crippen molar-refractivity contribution in [3.63, 3.8) is 0 Å². The summed E-state index contributed by atoms with van der Waals surface area (Å²) in [4.78, 5) is 12.6. The lowest BCUT2D eigenvalue weighted by Gasteiger charge is -2.31. The molecule has 1 fully saturated rings. The summed E-state index contributed by atoms with van der Waals surface area (Å²) in [6.07, 6.45) is 3.55. The highest BCUT2D eigenvalue weighted by Gasteiger charge is 2.19. The summed E-state index contributed by atoms with van der Waals surface area (Å²) in [6.45, 7) is 8.71. The molecule has 0 saturated carbocycles. The third-order valence-electron chi connectivity index (χ3n) is 5.97. The molecule has 0 bridgehead atoms. The van der Waals surface area contributed by atoms with Gasteiger partial charge in [-0.15, -0.1) is 0 Å². The van der Waals surface area contributed by atoms with Crippen molar-refractivity contribution in [1.29, 1.82) is 0 Å². The molecular weight excluding hydrogens is 510 g/mol. The van der Waals surface area contributed by atoms with Gasteiger partial charge in [-0.25, -0.2) is 4.39 Å². The second-order valence-corrected chi connectivity index (χ2v) is 11.1. The van der Waals surface area contributed by atoms with E-state index in [1.165, 1.54) is 23.3 Å². The Morgan fingerprint density at radius 3 is 2.11 bits per heavy atom. The largest absolute Gasteiger partial charge is 0.488 e. The predicted molar refractivity (Wildman–Crippen MR) is 150 cm³/mol. The number of ether oxygens (including phenoxy) is 1.